The molecule has 13 heteroatoms. The van der Waals surface area contributed by atoms with Crippen LogP contribution < -0.4 is 9.64 Å². The molecule has 0 bridgehead atoms. The third-order valence-electron chi connectivity index (χ3n) is 6.85. The van der Waals surface area contributed by atoms with Crippen LogP contribution in [0.1, 0.15) is 35.5 Å². The fourth-order valence-corrected chi connectivity index (χ4v) is 7.35. The molecule has 1 fully saturated rings. The van der Waals surface area contributed by atoms with Crippen molar-refractivity contribution in [2.45, 2.75) is 30.0 Å². The van der Waals surface area contributed by atoms with Crippen LogP contribution in [0.4, 0.5) is 5.13 Å². The second kappa shape index (κ2) is 12.0. The molecule has 6 rings (SSSR count). The topological polar surface area (TPSA) is 110 Å². The number of Topliss-reactive ketones (excluding diaryl/α,β-unsaturated/α-hetero) is 1. The summed E-state index contributed by atoms with van der Waals surface area (Å²) in [6, 6.07) is 16.8. The van der Waals surface area contributed by atoms with Crippen molar-refractivity contribution >= 4 is 74.5 Å². The minimum Gasteiger partial charge on any atom is -0.505 e. The van der Waals surface area contributed by atoms with Gasteiger partial charge in [0.25, 0.3) is 5.78 Å². The minimum absolute atomic E-state index is 0.0692. The van der Waals surface area contributed by atoms with Crippen molar-refractivity contribution in [3.63, 3.8) is 0 Å². The monoisotopic (exact) mass is 651 g/mol. The smallest absolute Gasteiger partial charge is 0.301 e. The van der Waals surface area contributed by atoms with E-state index in [-0.39, 0.29) is 16.5 Å². The normalized spacial score (nSPS) is 16.4. The summed E-state index contributed by atoms with van der Waals surface area (Å²) in [5.74, 6) is -0.845. The Kier molecular flexibility index (Phi) is 8.15. The van der Waals surface area contributed by atoms with Crippen molar-refractivity contribution < 1.29 is 19.4 Å². The zero-order chi connectivity index (χ0) is 30.2. The zero-order valence-electron chi connectivity index (χ0n) is 22.8. The summed E-state index contributed by atoms with van der Waals surface area (Å²) in [4.78, 5) is 33.1. The Hall–Kier alpha value is -3.90. The number of aromatic nitrogens is 4. The molecule has 1 saturated heterocycles. The number of thioether (sulfide) groups is 1. The molecular weight excluding hydrogens is 629 g/mol. The van der Waals surface area contributed by atoms with Crippen LogP contribution >= 0.6 is 46.3 Å². The Morgan fingerprint density at radius 3 is 2.63 bits per heavy atom. The van der Waals surface area contributed by atoms with Gasteiger partial charge in [-0.25, -0.2) is 4.98 Å². The number of pyridine rings is 1. The summed E-state index contributed by atoms with van der Waals surface area (Å²) in [5.41, 5.74) is 2.83. The van der Waals surface area contributed by atoms with Crippen LogP contribution in [0.25, 0.3) is 11.4 Å². The van der Waals surface area contributed by atoms with E-state index in [0.717, 1.165) is 5.56 Å². The number of imidazole rings is 1. The fourth-order valence-electron chi connectivity index (χ4n) is 4.92. The summed E-state index contributed by atoms with van der Waals surface area (Å²) in [6.07, 6.45) is 1.74. The molecule has 4 heterocycles. The number of carbonyl (C=O) groups is 2. The number of carbonyl (C=O) groups excluding carboxylic acids is 2. The van der Waals surface area contributed by atoms with Crippen LogP contribution in [-0.2, 0) is 15.3 Å². The van der Waals surface area contributed by atoms with Crippen molar-refractivity contribution in [3.05, 3.63) is 105 Å². The molecule has 2 aromatic carbocycles. The van der Waals surface area contributed by atoms with E-state index >= 15 is 0 Å². The number of nitrogens with zero attached hydrogens (tertiary/aromatic N) is 5. The highest BCUT2D eigenvalue weighted by Gasteiger charge is 2.49. The highest BCUT2D eigenvalue weighted by Crippen LogP contribution is 2.44. The highest BCUT2D eigenvalue weighted by atomic mass is 35.5. The van der Waals surface area contributed by atoms with Crippen molar-refractivity contribution in [2.75, 3.05) is 11.5 Å². The third-order valence-corrected chi connectivity index (χ3v) is 9.54. The molecule has 0 spiro atoms. The lowest BCUT2D eigenvalue weighted by Gasteiger charge is -2.22. The van der Waals surface area contributed by atoms with E-state index in [0.29, 0.717) is 55.1 Å². The number of fused-ring (bicyclic) bond motifs is 1. The molecule has 0 radical (unpaired) electrons. The van der Waals surface area contributed by atoms with Crippen molar-refractivity contribution in [3.8, 4) is 5.75 Å². The molecule has 0 aliphatic carbocycles. The first-order chi connectivity index (χ1) is 20.8. The van der Waals surface area contributed by atoms with Crippen LogP contribution in [0.15, 0.2) is 76.8 Å². The number of halogens is 2. The largest absolute Gasteiger partial charge is 0.505 e. The van der Waals surface area contributed by atoms with Gasteiger partial charge in [0.2, 0.25) is 5.13 Å². The van der Waals surface area contributed by atoms with Crippen molar-refractivity contribution in [1.29, 1.82) is 0 Å². The lowest BCUT2D eigenvalue weighted by atomic mass is 9.96. The van der Waals surface area contributed by atoms with E-state index in [1.807, 2.05) is 19.1 Å². The van der Waals surface area contributed by atoms with Crippen LogP contribution in [0.5, 0.6) is 5.75 Å². The van der Waals surface area contributed by atoms with Gasteiger partial charge in [-0.05, 0) is 61.4 Å². The molecule has 0 saturated carbocycles. The van der Waals surface area contributed by atoms with Crippen molar-refractivity contribution in [2.24, 2.45) is 0 Å². The number of anilines is 1. The molecule has 5 aromatic rings. The van der Waals surface area contributed by atoms with Gasteiger partial charge < -0.3 is 9.84 Å². The van der Waals surface area contributed by atoms with E-state index in [9.17, 15) is 14.7 Å². The maximum absolute atomic E-state index is 13.7. The first-order valence-corrected chi connectivity index (χ1v) is 15.7. The fraction of sp³-hybridized carbons (Fsp3) is 0.167. The number of rotatable bonds is 8. The number of hydrogen-bond acceptors (Lipinski definition) is 9. The predicted molar refractivity (Wildman–Crippen MR) is 168 cm³/mol. The average Bonchev–Trinajstić information content (AvgIpc) is 3.66. The van der Waals surface area contributed by atoms with Crippen LogP contribution in [0.2, 0.25) is 10.0 Å². The molecule has 218 valence electrons. The van der Waals surface area contributed by atoms with E-state index in [1.165, 1.54) is 28.0 Å². The van der Waals surface area contributed by atoms with Crippen LogP contribution in [0.3, 0.4) is 0 Å². The van der Waals surface area contributed by atoms with Gasteiger partial charge in [-0.15, -0.1) is 10.2 Å². The van der Waals surface area contributed by atoms with E-state index in [2.05, 4.69) is 15.2 Å². The Balaban J connectivity index is 1.42. The number of ketones is 1. The second-order valence-electron chi connectivity index (χ2n) is 9.52. The number of aliphatic hydroxyl groups excluding tert-OH is 1. The molecule has 9 nitrogen and oxygen atoms in total. The summed E-state index contributed by atoms with van der Waals surface area (Å²) < 4.78 is 7.86. The molecule has 1 aliphatic heterocycles. The third kappa shape index (κ3) is 5.49. The maximum Gasteiger partial charge on any atom is 0.301 e. The molecular formula is C30H23Cl2N5O4S2. The van der Waals surface area contributed by atoms with E-state index in [1.54, 1.807) is 66.1 Å². The minimum atomic E-state index is -0.971. The Morgan fingerprint density at radius 1 is 1.09 bits per heavy atom. The van der Waals surface area contributed by atoms with Gasteiger partial charge in [0.15, 0.2) is 10.1 Å². The Labute approximate surface area is 264 Å². The van der Waals surface area contributed by atoms with Gasteiger partial charge >= 0.3 is 5.91 Å². The van der Waals surface area contributed by atoms with Crippen LogP contribution in [-0.4, -0.2) is 43.0 Å². The van der Waals surface area contributed by atoms with Crippen molar-refractivity contribution in [1.82, 2.24) is 19.6 Å². The average molecular weight is 653 g/mol. The summed E-state index contributed by atoms with van der Waals surface area (Å²) in [5, 5.41) is 21.6. The molecule has 1 aliphatic rings. The number of hydrogen-bond donors (Lipinski definition) is 1. The van der Waals surface area contributed by atoms with Gasteiger partial charge in [-0.3, -0.25) is 18.9 Å². The molecule has 1 unspecified atom stereocenters. The molecule has 1 atom stereocenters. The SMILES string of the molecule is CCOc1ccc(C2C(=C(O)c3c(C)nc4ccccn34)C(=O)C(=O)N2c2nnc(SCc3ccc(Cl)cc3Cl)s2)cc1. The number of aryl methyl sites for hydroxylation is 1. The van der Waals surface area contributed by atoms with E-state index < -0.39 is 17.7 Å². The van der Waals surface area contributed by atoms with E-state index in [4.69, 9.17) is 27.9 Å². The Bertz CT molecular complexity index is 1900. The quantitative estimate of drug-likeness (QED) is 0.0621. The van der Waals surface area contributed by atoms with Gasteiger partial charge in [0.1, 0.15) is 17.1 Å². The summed E-state index contributed by atoms with van der Waals surface area (Å²) >= 11 is 14.9. The molecule has 43 heavy (non-hydrogen) atoms. The Morgan fingerprint density at radius 2 is 1.88 bits per heavy atom. The number of amides is 1. The van der Waals surface area contributed by atoms with Crippen LogP contribution in [0, 0.1) is 6.92 Å². The zero-order valence-corrected chi connectivity index (χ0v) is 26.0. The number of benzene rings is 2. The molecule has 1 amide bonds. The maximum atomic E-state index is 13.7. The van der Waals surface area contributed by atoms with Gasteiger partial charge in [0.05, 0.1) is 23.9 Å². The number of ether oxygens (including phenoxy) is 1. The molecule has 3 aromatic heterocycles. The van der Waals surface area contributed by atoms with Gasteiger partial charge in [-0.1, -0.05) is 70.6 Å². The van der Waals surface area contributed by atoms with Gasteiger partial charge in [-0.2, -0.15) is 0 Å². The number of aliphatic hydroxyl groups is 1. The standard InChI is InChI=1S/C30H23Cl2N5O4S2/c1-3-41-20-11-8-17(9-12-20)25-23(26(38)24-16(2)33-22-6-4-5-13-36(22)24)27(39)28(40)37(25)29-34-35-30(43-29)42-15-18-7-10-19(31)14-21(18)32/h4-14,25,38H,3,15H2,1-2H3. The van der Waals surface area contributed by atoms with Gasteiger partial charge in [0, 0.05) is 22.0 Å². The second-order valence-corrected chi connectivity index (χ2v) is 12.5. The summed E-state index contributed by atoms with van der Waals surface area (Å²) in [6.45, 7) is 4.11. The first-order valence-electron chi connectivity index (χ1n) is 13.1. The lowest BCUT2D eigenvalue weighted by Crippen LogP contribution is -2.29. The predicted octanol–water partition coefficient (Wildman–Crippen LogP) is 7.12. The highest BCUT2D eigenvalue weighted by molar-refractivity contribution is 8.00. The summed E-state index contributed by atoms with van der Waals surface area (Å²) in [7, 11) is 0. The molecule has 1 N–H and O–H groups in total. The first kappa shape index (κ1) is 29.2. The lowest BCUT2D eigenvalue weighted by molar-refractivity contribution is -0.132.